The SMILES string of the molecule is O=C(O)[C@H]1C[C@@H](O)CN1C(=O)C1Cc2nc[nH]c2CN1. The van der Waals surface area contributed by atoms with Crippen LogP contribution < -0.4 is 5.32 Å². The van der Waals surface area contributed by atoms with Gasteiger partial charge in [-0.15, -0.1) is 0 Å². The quantitative estimate of drug-likeness (QED) is 0.522. The van der Waals surface area contributed by atoms with E-state index in [1.165, 1.54) is 4.90 Å². The standard InChI is InChI=1S/C12H16N4O4/c17-6-1-10(12(19)20)16(4-6)11(18)8-2-7-9(3-13-8)15-5-14-7/h5-6,8,10,13,17H,1-4H2,(H,14,15)(H,19,20)/t6-,8?,10-/m1/s1. The largest absolute Gasteiger partial charge is 0.480 e. The molecule has 0 bridgehead atoms. The van der Waals surface area contributed by atoms with Crippen LogP contribution >= 0.6 is 0 Å². The van der Waals surface area contributed by atoms with Crippen LogP contribution in [0, 0.1) is 0 Å². The van der Waals surface area contributed by atoms with Gasteiger partial charge < -0.3 is 20.1 Å². The number of fused-ring (bicyclic) bond motifs is 1. The van der Waals surface area contributed by atoms with Gasteiger partial charge in [0.25, 0.3) is 0 Å². The summed E-state index contributed by atoms with van der Waals surface area (Å²) >= 11 is 0. The molecular weight excluding hydrogens is 264 g/mol. The predicted molar refractivity (Wildman–Crippen MR) is 66.7 cm³/mol. The zero-order chi connectivity index (χ0) is 14.3. The molecule has 20 heavy (non-hydrogen) atoms. The lowest BCUT2D eigenvalue weighted by atomic mass is 10.0. The second-order valence-electron chi connectivity index (χ2n) is 5.20. The Labute approximate surface area is 114 Å². The van der Waals surface area contributed by atoms with E-state index >= 15 is 0 Å². The molecule has 0 saturated carbocycles. The summed E-state index contributed by atoms with van der Waals surface area (Å²) in [6.45, 7) is 0.571. The van der Waals surface area contributed by atoms with Crippen LogP contribution in [0.15, 0.2) is 6.33 Å². The van der Waals surface area contributed by atoms with Crippen LogP contribution in [0.3, 0.4) is 0 Å². The summed E-state index contributed by atoms with van der Waals surface area (Å²) in [6.07, 6.45) is 1.32. The second kappa shape index (κ2) is 4.88. The summed E-state index contributed by atoms with van der Waals surface area (Å²) in [5, 5.41) is 21.8. The fraction of sp³-hybridized carbons (Fsp3) is 0.583. The van der Waals surface area contributed by atoms with Crippen molar-refractivity contribution in [2.24, 2.45) is 0 Å². The summed E-state index contributed by atoms with van der Waals surface area (Å²) in [7, 11) is 0. The van der Waals surface area contributed by atoms with Crippen LogP contribution in [0.2, 0.25) is 0 Å². The average Bonchev–Trinajstić information content (AvgIpc) is 3.02. The molecule has 1 saturated heterocycles. The number of carbonyl (C=O) groups is 2. The van der Waals surface area contributed by atoms with E-state index in [4.69, 9.17) is 5.11 Å². The molecule has 3 rings (SSSR count). The van der Waals surface area contributed by atoms with Gasteiger partial charge in [0.2, 0.25) is 5.91 Å². The molecule has 0 aliphatic carbocycles. The van der Waals surface area contributed by atoms with Crippen molar-refractivity contribution in [2.75, 3.05) is 6.54 Å². The van der Waals surface area contributed by atoms with E-state index in [0.29, 0.717) is 13.0 Å². The molecule has 108 valence electrons. The first kappa shape index (κ1) is 13.1. The minimum absolute atomic E-state index is 0.0708. The lowest BCUT2D eigenvalue weighted by molar-refractivity contribution is -0.149. The van der Waals surface area contributed by atoms with Gasteiger partial charge in [-0.05, 0) is 0 Å². The number of amides is 1. The minimum atomic E-state index is -1.08. The van der Waals surface area contributed by atoms with Crippen LogP contribution in [0.25, 0.3) is 0 Å². The highest BCUT2D eigenvalue weighted by atomic mass is 16.4. The van der Waals surface area contributed by atoms with Crippen LogP contribution in [0.4, 0.5) is 0 Å². The summed E-state index contributed by atoms with van der Waals surface area (Å²) < 4.78 is 0. The molecule has 0 spiro atoms. The van der Waals surface area contributed by atoms with Crippen molar-refractivity contribution in [2.45, 2.75) is 37.6 Å². The number of likely N-dealkylation sites (tertiary alicyclic amines) is 1. The highest BCUT2D eigenvalue weighted by Crippen LogP contribution is 2.21. The van der Waals surface area contributed by atoms with Gasteiger partial charge in [-0.1, -0.05) is 0 Å². The highest BCUT2D eigenvalue weighted by Gasteiger charge is 2.41. The van der Waals surface area contributed by atoms with Gasteiger partial charge in [0.05, 0.1) is 29.9 Å². The Bertz CT molecular complexity index is 543. The molecule has 1 aromatic heterocycles. The summed E-state index contributed by atoms with van der Waals surface area (Å²) in [5.41, 5.74) is 1.78. The number of β-amino-alcohol motifs (C(OH)–C–C–N with tert-alkyl or cyclic N) is 1. The van der Waals surface area contributed by atoms with Gasteiger partial charge in [-0.25, -0.2) is 9.78 Å². The normalized spacial score (nSPS) is 29.2. The number of aromatic nitrogens is 2. The zero-order valence-corrected chi connectivity index (χ0v) is 10.7. The van der Waals surface area contributed by atoms with Gasteiger partial charge in [0.15, 0.2) is 0 Å². The molecule has 2 aliphatic heterocycles. The van der Waals surface area contributed by atoms with Crippen molar-refractivity contribution in [3.63, 3.8) is 0 Å². The minimum Gasteiger partial charge on any atom is -0.480 e. The maximum Gasteiger partial charge on any atom is 0.326 e. The molecule has 1 aromatic rings. The van der Waals surface area contributed by atoms with Crippen LogP contribution in [0.5, 0.6) is 0 Å². The fourth-order valence-corrected chi connectivity index (χ4v) is 2.84. The molecule has 4 N–H and O–H groups in total. The third kappa shape index (κ3) is 2.16. The first-order valence-corrected chi connectivity index (χ1v) is 6.52. The van der Waals surface area contributed by atoms with Crippen molar-refractivity contribution < 1.29 is 19.8 Å². The number of aliphatic carboxylic acids is 1. The van der Waals surface area contributed by atoms with Gasteiger partial charge in [-0.2, -0.15) is 0 Å². The molecule has 0 aromatic carbocycles. The van der Waals surface area contributed by atoms with E-state index in [2.05, 4.69) is 15.3 Å². The number of nitrogens with one attached hydrogen (secondary N) is 2. The molecule has 3 atom stereocenters. The first-order chi connectivity index (χ1) is 9.56. The monoisotopic (exact) mass is 280 g/mol. The molecule has 3 heterocycles. The molecule has 8 heteroatoms. The summed E-state index contributed by atoms with van der Waals surface area (Å²) in [4.78, 5) is 32.0. The lowest BCUT2D eigenvalue weighted by Gasteiger charge is -2.29. The molecule has 0 radical (unpaired) electrons. The fourth-order valence-electron chi connectivity index (χ4n) is 2.84. The highest BCUT2D eigenvalue weighted by molar-refractivity contribution is 5.88. The van der Waals surface area contributed by atoms with Gasteiger partial charge in [-0.3, -0.25) is 10.1 Å². The molecule has 1 amide bonds. The zero-order valence-electron chi connectivity index (χ0n) is 10.7. The van der Waals surface area contributed by atoms with E-state index < -0.39 is 24.2 Å². The van der Waals surface area contributed by atoms with Crippen LogP contribution in [0.1, 0.15) is 17.8 Å². The number of rotatable bonds is 2. The number of imidazole rings is 1. The van der Waals surface area contributed by atoms with E-state index in [1.807, 2.05) is 0 Å². The van der Waals surface area contributed by atoms with Crippen molar-refractivity contribution in [3.05, 3.63) is 17.7 Å². The maximum absolute atomic E-state index is 12.4. The van der Waals surface area contributed by atoms with E-state index in [0.717, 1.165) is 11.4 Å². The Morgan fingerprint density at radius 3 is 3.00 bits per heavy atom. The smallest absolute Gasteiger partial charge is 0.326 e. The molecule has 8 nitrogen and oxygen atoms in total. The Morgan fingerprint density at radius 2 is 2.25 bits per heavy atom. The van der Waals surface area contributed by atoms with Gasteiger partial charge >= 0.3 is 5.97 Å². The summed E-state index contributed by atoms with van der Waals surface area (Å²) in [5.74, 6) is -1.37. The van der Waals surface area contributed by atoms with Gasteiger partial charge in [0.1, 0.15) is 6.04 Å². The number of carbonyl (C=O) groups excluding carboxylic acids is 1. The molecule has 2 aliphatic rings. The first-order valence-electron chi connectivity index (χ1n) is 6.52. The summed E-state index contributed by atoms with van der Waals surface area (Å²) in [6, 6.07) is -1.43. The van der Waals surface area contributed by atoms with E-state index in [-0.39, 0.29) is 18.9 Å². The maximum atomic E-state index is 12.4. The number of carboxylic acid groups (broad SMARTS) is 1. The van der Waals surface area contributed by atoms with Crippen molar-refractivity contribution in [3.8, 4) is 0 Å². The van der Waals surface area contributed by atoms with Gasteiger partial charge in [0, 0.05) is 25.9 Å². The Kier molecular flexibility index (Phi) is 3.19. The number of aromatic amines is 1. The number of nitrogens with zero attached hydrogens (tertiary/aromatic N) is 2. The molecule has 1 fully saturated rings. The molecular formula is C12H16N4O4. The number of H-pyrrole nitrogens is 1. The third-order valence-electron chi connectivity index (χ3n) is 3.88. The second-order valence-corrected chi connectivity index (χ2v) is 5.20. The van der Waals surface area contributed by atoms with Crippen LogP contribution in [-0.2, 0) is 22.6 Å². The number of aliphatic hydroxyl groups is 1. The third-order valence-corrected chi connectivity index (χ3v) is 3.88. The lowest BCUT2D eigenvalue weighted by Crippen LogP contribution is -2.52. The van der Waals surface area contributed by atoms with E-state index in [9.17, 15) is 14.7 Å². The number of carboxylic acids is 1. The predicted octanol–water partition coefficient (Wildman–Crippen LogP) is -1.53. The van der Waals surface area contributed by atoms with Crippen molar-refractivity contribution in [1.82, 2.24) is 20.2 Å². The topological polar surface area (TPSA) is 119 Å². The number of hydrogen-bond donors (Lipinski definition) is 4. The van der Waals surface area contributed by atoms with Crippen molar-refractivity contribution >= 4 is 11.9 Å². The average molecular weight is 280 g/mol. The Hall–Kier alpha value is -1.93. The van der Waals surface area contributed by atoms with Crippen molar-refractivity contribution in [1.29, 1.82) is 0 Å². The Morgan fingerprint density at radius 1 is 1.45 bits per heavy atom. The van der Waals surface area contributed by atoms with Crippen LogP contribution in [-0.4, -0.2) is 61.7 Å². The van der Waals surface area contributed by atoms with E-state index in [1.54, 1.807) is 6.33 Å². The number of hydrogen-bond acceptors (Lipinski definition) is 5. The number of aliphatic hydroxyl groups excluding tert-OH is 1. The Balaban J connectivity index is 1.74. The molecule has 1 unspecified atom stereocenters.